The molecule has 0 saturated heterocycles. The minimum atomic E-state index is -4.04. The molecular weight excluding hydrogens is 352 g/mol. The lowest BCUT2D eigenvalue weighted by atomic mass is 9.99. The number of amides is 2. The zero-order valence-electron chi connectivity index (χ0n) is 14.5. The van der Waals surface area contributed by atoms with Crippen LogP contribution in [0.1, 0.15) is 40.9 Å². The fourth-order valence-electron chi connectivity index (χ4n) is 3.86. The minimum Gasteiger partial charge on any atom is -0.307 e. The van der Waals surface area contributed by atoms with Crippen molar-refractivity contribution in [1.82, 2.24) is 14.7 Å². The maximum atomic E-state index is 12.4. The number of rotatable bonds is 3. The number of nitrogens with one attached hydrogen (secondary N) is 2. The molecule has 0 unspecified atom stereocenters. The molecule has 0 bridgehead atoms. The molecule has 1 aromatic heterocycles. The molecule has 1 heterocycles. The fraction of sp³-hybridized carbons (Fsp3) is 0.389. The van der Waals surface area contributed by atoms with Crippen LogP contribution in [0.3, 0.4) is 0 Å². The molecule has 8 heteroatoms. The summed E-state index contributed by atoms with van der Waals surface area (Å²) in [5.41, 5.74) is 5.65. The minimum absolute atomic E-state index is 0.219. The zero-order valence-corrected chi connectivity index (χ0v) is 15.3. The summed E-state index contributed by atoms with van der Waals surface area (Å²) in [7, 11) is -4.04. The average Bonchev–Trinajstić information content (AvgIpc) is 3.23. The Labute approximate surface area is 152 Å². The number of hydrogen-bond acceptors (Lipinski definition) is 5. The summed E-state index contributed by atoms with van der Waals surface area (Å²) in [6, 6.07) is 2.77. The number of sulfonamides is 1. The first-order chi connectivity index (χ1) is 12.4. The van der Waals surface area contributed by atoms with Crippen LogP contribution in [0, 0.1) is 6.92 Å². The Morgan fingerprint density at radius 3 is 2.35 bits per heavy atom. The van der Waals surface area contributed by atoms with Gasteiger partial charge < -0.3 is 5.32 Å². The molecule has 2 aromatic rings. The molecule has 0 fully saturated rings. The molecular formula is C18H20N4O3S. The Morgan fingerprint density at radius 2 is 1.73 bits per heavy atom. The number of hydrogen-bond donors (Lipinski definition) is 2. The van der Waals surface area contributed by atoms with E-state index < -0.39 is 16.1 Å². The zero-order chi connectivity index (χ0) is 18.3. The summed E-state index contributed by atoms with van der Waals surface area (Å²) >= 11 is 0. The van der Waals surface area contributed by atoms with Gasteiger partial charge in [-0.25, -0.2) is 19.5 Å². The third-order valence-corrected chi connectivity index (χ3v) is 6.20. The molecule has 136 valence electrons. The first-order valence-electron chi connectivity index (χ1n) is 8.74. The lowest BCUT2D eigenvalue weighted by Gasteiger charge is -2.16. The highest BCUT2D eigenvalue weighted by Gasteiger charge is 2.26. The quantitative estimate of drug-likeness (QED) is 0.805. The number of carbonyl (C=O) groups excluding carboxylic acids is 1. The second-order valence-electron chi connectivity index (χ2n) is 6.74. The van der Waals surface area contributed by atoms with Crippen LogP contribution in [0.15, 0.2) is 23.4 Å². The third-order valence-electron chi connectivity index (χ3n) is 4.96. The molecule has 2 N–H and O–H groups in total. The predicted octanol–water partition coefficient (Wildman–Crippen LogP) is 2.27. The van der Waals surface area contributed by atoms with Gasteiger partial charge in [0.15, 0.2) is 5.03 Å². The molecule has 26 heavy (non-hydrogen) atoms. The third kappa shape index (κ3) is 3.05. The van der Waals surface area contributed by atoms with Crippen LogP contribution in [0.25, 0.3) is 0 Å². The van der Waals surface area contributed by atoms with Crippen molar-refractivity contribution in [3.63, 3.8) is 0 Å². The van der Waals surface area contributed by atoms with E-state index >= 15 is 0 Å². The van der Waals surface area contributed by atoms with E-state index in [-0.39, 0.29) is 5.03 Å². The summed E-state index contributed by atoms with van der Waals surface area (Å²) in [6.45, 7) is 1.59. The van der Waals surface area contributed by atoms with Crippen molar-refractivity contribution in [2.45, 2.75) is 50.5 Å². The number of fused-ring (bicyclic) bond motifs is 2. The maximum Gasteiger partial charge on any atom is 0.333 e. The van der Waals surface area contributed by atoms with Crippen molar-refractivity contribution in [3.05, 3.63) is 46.4 Å². The molecule has 2 aliphatic rings. The normalized spacial score (nSPS) is 15.4. The molecule has 1 aromatic carbocycles. The summed E-state index contributed by atoms with van der Waals surface area (Å²) in [5, 5.41) is 2.59. The highest BCUT2D eigenvalue weighted by Crippen LogP contribution is 2.38. The molecule has 7 nitrogen and oxygen atoms in total. The van der Waals surface area contributed by atoms with Crippen molar-refractivity contribution in [1.29, 1.82) is 0 Å². The molecule has 0 atom stereocenters. The number of anilines is 1. The fourth-order valence-corrected chi connectivity index (χ4v) is 4.76. The van der Waals surface area contributed by atoms with Gasteiger partial charge in [-0.1, -0.05) is 6.07 Å². The van der Waals surface area contributed by atoms with E-state index in [1.807, 2.05) is 0 Å². The smallest absolute Gasteiger partial charge is 0.307 e. The first-order valence-corrected chi connectivity index (χ1v) is 10.2. The van der Waals surface area contributed by atoms with Gasteiger partial charge in [-0.3, -0.25) is 0 Å². The summed E-state index contributed by atoms with van der Waals surface area (Å²) in [4.78, 5) is 20.2. The van der Waals surface area contributed by atoms with Crippen LogP contribution in [0.5, 0.6) is 0 Å². The molecule has 0 aliphatic heterocycles. The Kier molecular flexibility index (Phi) is 4.14. The van der Waals surface area contributed by atoms with Crippen molar-refractivity contribution in [2.24, 2.45) is 0 Å². The van der Waals surface area contributed by atoms with E-state index in [2.05, 4.69) is 26.1 Å². The van der Waals surface area contributed by atoms with Crippen molar-refractivity contribution in [2.75, 3.05) is 5.32 Å². The van der Waals surface area contributed by atoms with Gasteiger partial charge in [0.25, 0.3) is 10.0 Å². The lowest BCUT2D eigenvalue weighted by Crippen LogP contribution is -2.35. The highest BCUT2D eigenvalue weighted by molar-refractivity contribution is 7.90. The number of urea groups is 1. The molecule has 2 aliphatic carbocycles. The van der Waals surface area contributed by atoms with Gasteiger partial charge in [0.1, 0.15) is 5.82 Å². The van der Waals surface area contributed by atoms with E-state index in [4.69, 9.17) is 0 Å². The van der Waals surface area contributed by atoms with Gasteiger partial charge in [-0.15, -0.1) is 0 Å². The van der Waals surface area contributed by atoms with Gasteiger partial charge in [0.05, 0.1) is 0 Å². The van der Waals surface area contributed by atoms with Gasteiger partial charge >= 0.3 is 6.03 Å². The lowest BCUT2D eigenvalue weighted by molar-refractivity contribution is 0.256. The SMILES string of the molecule is Cc1nccc(S(=O)(=O)NC(=O)Nc2c3c(cc4c2CCC4)CCC3)n1. The Balaban J connectivity index is 1.60. The molecule has 0 saturated carbocycles. The van der Waals surface area contributed by atoms with Gasteiger partial charge in [-0.2, -0.15) is 8.42 Å². The van der Waals surface area contributed by atoms with Gasteiger partial charge in [0, 0.05) is 11.9 Å². The molecule has 4 rings (SSSR count). The summed E-state index contributed by atoms with van der Waals surface area (Å²) in [5.74, 6) is 0.326. The average molecular weight is 372 g/mol. The van der Waals surface area contributed by atoms with Gasteiger partial charge in [0.2, 0.25) is 0 Å². The number of benzene rings is 1. The second kappa shape index (κ2) is 6.35. The van der Waals surface area contributed by atoms with E-state index in [0.29, 0.717) is 5.82 Å². The molecule has 2 amide bonds. The Hall–Kier alpha value is -2.48. The summed E-state index contributed by atoms with van der Waals surface area (Å²) < 4.78 is 26.8. The number of aryl methyl sites for hydroxylation is 3. The molecule has 0 radical (unpaired) electrons. The van der Waals surface area contributed by atoms with E-state index in [9.17, 15) is 13.2 Å². The van der Waals surface area contributed by atoms with Crippen LogP contribution in [-0.2, 0) is 35.7 Å². The van der Waals surface area contributed by atoms with Crippen LogP contribution in [0.2, 0.25) is 0 Å². The topological polar surface area (TPSA) is 101 Å². The molecule has 0 spiro atoms. The van der Waals surface area contributed by atoms with Crippen LogP contribution in [0.4, 0.5) is 10.5 Å². The first kappa shape index (κ1) is 17.0. The Morgan fingerprint density at radius 1 is 1.08 bits per heavy atom. The highest BCUT2D eigenvalue weighted by atomic mass is 32.2. The van der Waals surface area contributed by atoms with Crippen molar-refractivity contribution < 1.29 is 13.2 Å². The van der Waals surface area contributed by atoms with Crippen LogP contribution in [-0.4, -0.2) is 24.4 Å². The largest absolute Gasteiger partial charge is 0.333 e. The second-order valence-corrected chi connectivity index (χ2v) is 8.37. The van der Waals surface area contributed by atoms with Crippen molar-refractivity contribution >= 4 is 21.7 Å². The standard InChI is InChI=1S/C18H20N4O3S/c1-11-19-9-8-16(20-11)26(24,25)22-18(23)21-17-14-6-2-4-12(14)10-13-5-3-7-15(13)17/h8-10H,2-7H2,1H3,(H2,21,22,23). The monoisotopic (exact) mass is 372 g/mol. The summed E-state index contributed by atoms with van der Waals surface area (Å²) in [6.07, 6.45) is 7.33. The van der Waals surface area contributed by atoms with E-state index in [1.54, 1.807) is 6.92 Å². The maximum absolute atomic E-state index is 12.4. The number of nitrogens with zero attached hydrogens (tertiary/aromatic N) is 2. The van der Waals surface area contributed by atoms with Crippen LogP contribution < -0.4 is 10.0 Å². The number of aromatic nitrogens is 2. The van der Waals surface area contributed by atoms with Crippen molar-refractivity contribution in [3.8, 4) is 0 Å². The van der Waals surface area contributed by atoms with Gasteiger partial charge in [-0.05, 0) is 73.8 Å². The van der Waals surface area contributed by atoms with E-state index in [1.165, 1.54) is 23.4 Å². The van der Waals surface area contributed by atoms with Crippen LogP contribution >= 0.6 is 0 Å². The predicted molar refractivity (Wildman–Crippen MR) is 96.6 cm³/mol. The number of carbonyl (C=O) groups is 1. The van der Waals surface area contributed by atoms with E-state index in [0.717, 1.165) is 55.3 Å². The Bertz CT molecular complexity index is 969.